The van der Waals surface area contributed by atoms with Crippen molar-refractivity contribution in [3.63, 3.8) is 0 Å². The summed E-state index contributed by atoms with van der Waals surface area (Å²) in [4.78, 5) is 23.9. The molecule has 0 aliphatic heterocycles. The molecule has 0 heterocycles. The Morgan fingerprint density at radius 2 is 1.52 bits per heavy atom. The fourth-order valence-electron chi connectivity index (χ4n) is 3.23. The SMILES string of the molecule is C[C@H](SC1CCCCC1)C(=O)NC(=O)NC1CCCCC1. The van der Waals surface area contributed by atoms with Gasteiger partial charge in [0.1, 0.15) is 0 Å². The fraction of sp³-hybridized carbons (Fsp3) is 0.875. The van der Waals surface area contributed by atoms with Crippen molar-refractivity contribution < 1.29 is 9.59 Å². The molecule has 120 valence electrons. The van der Waals surface area contributed by atoms with Crippen LogP contribution in [0.2, 0.25) is 0 Å². The van der Waals surface area contributed by atoms with Gasteiger partial charge in [-0.15, -0.1) is 11.8 Å². The number of imide groups is 1. The third-order valence-corrected chi connectivity index (χ3v) is 5.97. The van der Waals surface area contributed by atoms with Gasteiger partial charge < -0.3 is 5.32 Å². The third-order valence-electron chi connectivity index (χ3n) is 4.50. The quantitative estimate of drug-likeness (QED) is 0.834. The van der Waals surface area contributed by atoms with E-state index in [0.717, 1.165) is 12.8 Å². The van der Waals surface area contributed by atoms with Crippen molar-refractivity contribution in [2.45, 2.75) is 87.7 Å². The largest absolute Gasteiger partial charge is 0.335 e. The Hall–Kier alpha value is -0.710. The van der Waals surface area contributed by atoms with Crippen LogP contribution in [0, 0.1) is 0 Å². The topological polar surface area (TPSA) is 58.2 Å². The van der Waals surface area contributed by atoms with Crippen molar-refractivity contribution in [3.05, 3.63) is 0 Å². The Morgan fingerprint density at radius 1 is 0.952 bits per heavy atom. The molecular weight excluding hydrogens is 284 g/mol. The van der Waals surface area contributed by atoms with Gasteiger partial charge in [-0.1, -0.05) is 38.5 Å². The molecule has 0 aromatic carbocycles. The molecule has 0 unspecified atom stereocenters. The third kappa shape index (κ3) is 5.89. The van der Waals surface area contributed by atoms with Crippen LogP contribution in [0.3, 0.4) is 0 Å². The van der Waals surface area contributed by atoms with Crippen molar-refractivity contribution in [1.29, 1.82) is 0 Å². The van der Waals surface area contributed by atoms with Gasteiger partial charge in [0.2, 0.25) is 5.91 Å². The number of hydrogen-bond acceptors (Lipinski definition) is 3. The molecule has 2 aliphatic carbocycles. The molecule has 2 N–H and O–H groups in total. The Bertz CT molecular complexity index is 350. The van der Waals surface area contributed by atoms with Gasteiger partial charge in [-0.3, -0.25) is 10.1 Å². The number of carbonyl (C=O) groups is 2. The monoisotopic (exact) mass is 312 g/mol. The number of nitrogens with one attached hydrogen (secondary N) is 2. The normalized spacial score (nSPS) is 22.5. The number of amides is 3. The van der Waals surface area contributed by atoms with Crippen molar-refractivity contribution in [2.24, 2.45) is 0 Å². The zero-order valence-corrected chi connectivity index (χ0v) is 13.8. The van der Waals surface area contributed by atoms with Crippen LogP contribution in [0.4, 0.5) is 4.79 Å². The summed E-state index contributed by atoms with van der Waals surface area (Å²) in [7, 11) is 0. The Balaban J connectivity index is 1.67. The molecule has 0 saturated heterocycles. The minimum absolute atomic E-state index is 0.148. The smallest absolute Gasteiger partial charge is 0.321 e. The van der Waals surface area contributed by atoms with E-state index in [1.807, 2.05) is 6.92 Å². The van der Waals surface area contributed by atoms with Crippen LogP contribution in [0.15, 0.2) is 0 Å². The first-order valence-electron chi connectivity index (χ1n) is 8.42. The van der Waals surface area contributed by atoms with E-state index in [9.17, 15) is 9.59 Å². The van der Waals surface area contributed by atoms with Crippen LogP contribution >= 0.6 is 11.8 Å². The Morgan fingerprint density at radius 3 is 2.14 bits per heavy atom. The molecule has 2 rings (SSSR count). The summed E-state index contributed by atoms with van der Waals surface area (Å²) >= 11 is 1.72. The van der Waals surface area contributed by atoms with Gasteiger partial charge in [0.05, 0.1) is 5.25 Å². The lowest BCUT2D eigenvalue weighted by Gasteiger charge is -2.25. The van der Waals surface area contributed by atoms with Crippen molar-refractivity contribution in [2.75, 3.05) is 0 Å². The van der Waals surface area contributed by atoms with E-state index < -0.39 is 0 Å². The van der Waals surface area contributed by atoms with Gasteiger partial charge in [-0.2, -0.15) is 0 Å². The maximum Gasteiger partial charge on any atom is 0.321 e. The molecule has 2 saturated carbocycles. The lowest BCUT2D eigenvalue weighted by atomic mass is 9.96. The summed E-state index contributed by atoms with van der Waals surface area (Å²) in [5.41, 5.74) is 0. The first-order chi connectivity index (χ1) is 10.1. The molecule has 1 atom stereocenters. The van der Waals surface area contributed by atoms with E-state index in [-0.39, 0.29) is 23.2 Å². The predicted molar refractivity (Wildman–Crippen MR) is 87.5 cm³/mol. The summed E-state index contributed by atoms with van der Waals surface area (Å²) in [6, 6.07) is -0.0733. The van der Waals surface area contributed by atoms with E-state index in [2.05, 4.69) is 10.6 Å². The predicted octanol–water partition coefficient (Wildman–Crippen LogP) is 3.60. The number of rotatable bonds is 4. The van der Waals surface area contributed by atoms with Crippen LogP contribution in [0.1, 0.15) is 71.1 Å². The lowest BCUT2D eigenvalue weighted by Crippen LogP contribution is -2.47. The summed E-state index contributed by atoms with van der Waals surface area (Å²) in [6.45, 7) is 1.91. The molecular formula is C16H28N2O2S. The fourth-order valence-corrected chi connectivity index (χ4v) is 4.60. The van der Waals surface area contributed by atoms with Gasteiger partial charge in [0.25, 0.3) is 0 Å². The molecule has 2 aliphatic rings. The van der Waals surface area contributed by atoms with Crippen LogP contribution in [0.5, 0.6) is 0 Å². The average molecular weight is 312 g/mol. The molecule has 0 aromatic rings. The molecule has 0 bridgehead atoms. The zero-order chi connectivity index (χ0) is 15.1. The van der Waals surface area contributed by atoms with E-state index in [4.69, 9.17) is 0 Å². The van der Waals surface area contributed by atoms with Crippen molar-refractivity contribution >= 4 is 23.7 Å². The van der Waals surface area contributed by atoms with E-state index in [1.165, 1.54) is 51.4 Å². The molecule has 21 heavy (non-hydrogen) atoms. The average Bonchev–Trinajstić information content (AvgIpc) is 2.49. The summed E-state index contributed by atoms with van der Waals surface area (Å²) in [5.74, 6) is -0.154. The van der Waals surface area contributed by atoms with E-state index in [0.29, 0.717) is 5.25 Å². The Kier molecular flexibility index (Phi) is 6.87. The van der Waals surface area contributed by atoms with Gasteiger partial charge in [-0.05, 0) is 32.6 Å². The highest BCUT2D eigenvalue weighted by Crippen LogP contribution is 2.30. The van der Waals surface area contributed by atoms with Crippen molar-refractivity contribution in [3.8, 4) is 0 Å². The van der Waals surface area contributed by atoms with Crippen LogP contribution in [0.25, 0.3) is 0 Å². The number of hydrogen-bond donors (Lipinski definition) is 2. The van der Waals surface area contributed by atoms with E-state index >= 15 is 0 Å². The molecule has 5 heteroatoms. The number of carbonyl (C=O) groups excluding carboxylic acids is 2. The summed E-state index contributed by atoms with van der Waals surface area (Å²) < 4.78 is 0. The highest BCUT2D eigenvalue weighted by molar-refractivity contribution is 8.01. The Labute approximate surface area is 132 Å². The van der Waals surface area contributed by atoms with Crippen molar-refractivity contribution in [1.82, 2.24) is 10.6 Å². The second-order valence-corrected chi connectivity index (χ2v) is 7.98. The van der Waals surface area contributed by atoms with Gasteiger partial charge in [0.15, 0.2) is 0 Å². The van der Waals surface area contributed by atoms with E-state index in [1.54, 1.807) is 11.8 Å². The lowest BCUT2D eigenvalue weighted by molar-refractivity contribution is -0.119. The van der Waals surface area contributed by atoms with Gasteiger partial charge in [0, 0.05) is 11.3 Å². The molecule has 2 fully saturated rings. The first kappa shape index (κ1) is 16.7. The maximum absolute atomic E-state index is 12.1. The molecule has 0 aromatic heterocycles. The zero-order valence-electron chi connectivity index (χ0n) is 13.0. The molecule has 0 radical (unpaired) electrons. The minimum atomic E-state index is -0.317. The first-order valence-corrected chi connectivity index (χ1v) is 9.36. The second-order valence-electron chi connectivity index (χ2n) is 6.34. The number of thioether (sulfide) groups is 1. The van der Waals surface area contributed by atoms with Crippen LogP contribution in [-0.2, 0) is 4.79 Å². The number of urea groups is 1. The van der Waals surface area contributed by atoms with Gasteiger partial charge in [-0.25, -0.2) is 4.79 Å². The minimum Gasteiger partial charge on any atom is -0.335 e. The molecule has 0 spiro atoms. The standard InChI is InChI=1S/C16H28N2O2S/c1-12(21-14-10-6-3-7-11-14)15(19)18-16(20)17-13-8-4-2-5-9-13/h12-14H,2-11H2,1H3,(H2,17,18,19,20)/t12-/m0/s1. The highest BCUT2D eigenvalue weighted by atomic mass is 32.2. The summed E-state index contributed by atoms with van der Waals surface area (Å²) in [6.07, 6.45) is 12.0. The van der Waals surface area contributed by atoms with Crippen LogP contribution < -0.4 is 10.6 Å². The molecule has 3 amide bonds. The molecule has 4 nitrogen and oxygen atoms in total. The van der Waals surface area contributed by atoms with Gasteiger partial charge >= 0.3 is 6.03 Å². The maximum atomic E-state index is 12.1. The summed E-state index contributed by atoms with van der Waals surface area (Å²) in [5, 5.41) is 5.87. The second kappa shape index (κ2) is 8.66. The highest BCUT2D eigenvalue weighted by Gasteiger charge is 2.23. The van der Waals surface area contributed by atoms with Crippen LogP contribution in [-0.4, -0.2) is 28.5 Å².